The van der Waals surface area contributed by atoms with E-state index in [2.05, 4.69) is 44.3 Å². The van der Waals surface area contributed by atoms with E-state index < -0.39 is 0 Å². The van der Waals surface area contributed by atoms with E-state index in [0.717, 1.165) is 25.6 Å². The average molecular weight is 288 g/mol. The Labute approximate surface area is 119 Å². The molecule has 1 atom stereocenters. The van der Waals surface area contributed by atoms with Gasteiger partial charge in [0.1, 0.15) is 4.08 Å². The van der Waals surface area contributed by atoms with E-state index in [-0.39, 0.29) is 9.87 Å². The third-order valence-electron chi connectivity index (χ3n) is 4.65. The summed E-state index contributed by atoms with van der Waals surface area (Å²) in [6.45, 7) is 8.70. The number of rotatable bonds is 0. The fourth-order valence-electron chi connectivity index (χ4n) is 3.49. The van der Waals surface area contributed by atoms with E-state index in [4.69, 9.17) is 9.47 Å². The summed E-state index contributed by atoms with van der Waals surface area (Å²) in [5, 5.41) is 0. The molecule has 0 bridgehead atoms. The number of ether oxygens (including phenoxy) is 2. The monoisotopic (exact) mass is 288 g/mol. The highest BCUT2D eigenvalue weighted by Crippen LogP contribution is 2.63. The molecule has 2 saturated heterocycles. The molecule has 3 fully saturated rings. The Hall–Kier alpha value is 0.620. The van der Waals surface area contributed by atoms with Crippen LogP contribution in [-0.2, 0) is 9.47 Å². The molecule has 0 radical (unpaired) electrons. The van der Waals surface area contributed by atoms with Gasteiger partial charge in [0.25, 0.3) is 0 Å². The summed E-state index contributed by atoms with van der Waals surface area (Å²) in [6.07, 6.45) is 3.56. The van der Waals surface area contributed by atoms with E-state index in [0.29, 0.717) is 5.41 Å². The zero-order valence-corrected chi connectivity index (χ0v) is 13.3. The molecule has 2 spiro atoms. The molecule has 3 rings (SSSR count). The van der Waals surface area contributed by atoms with Crippen molar-refractivity contribution in [2.75, 3.05) is 24.7 Å². The molecule has 1 saturated carbocycles. The minimum Gasteiger partial charge on any atom is -0.345 e. The summed E-state index contributed by atoms with van der Waals surface area (Å²) in [4.78, 5) is 0. The van der Waals surface area contributed by atoms with Gasteiger partial charge in [-0.3, -0.25) is 0 Å². The molecule has 0 N–H and O–H groups in total. The molecule has 3 aliphatic rings. The minimum atomic E-state index is -0.277. The van der Waals surface area contributed by atoms with Crippen LogP contribution in [0.25, 0.3) is 0 Å². The first kappa shape index (κ1) is 13.6. The van der Waals surface area contributed by atoms with Crippen molar-refractivity contribution in [1.82, 2.24) is 0 Å². The molecule has 1 aliphatic carbocycles. The highest BCUT2D eigenvalue weighted by Gasteiger charge is 2.62. The molecule has 2 nitrogen and oxygen atoms in total. The van der Waals surface area contributed by atoms with Gasteiger partial charge in [0, 0.05) is 17.9 Å². The van der Waals surface area contributed by atoms with Crippen molar-refractivity contribution in [3.63, 3.8) is 0 Å². The van der Waals surface area contributed by atoms with E-state index in [1.165, 1.54) is 24.3 Å². The topological polar surface area (TPSA) is 18.5 Å². The largest absolute Gasteiger partial charge is 0.345 e. The third-order valence-corrected chi connectivity index (χ3v) is 8.32. The van der Waals surface area contributed by atoms with Crippen molar-refractivity contribution < 1.29 is 9.47 Å². The van der Waals surface area contributed by atoms with Crippen LogP contribution in [0.3, 0.4) is 0 Å². The maximum Gasteiger partial charge on any atom is 0.192 e. The first-order valence-corrected chi connectivity index (χ1v) is 9.00. The summed E-state index contributed by atoms with van der Waals surface area (Å²) in [5.41, 5.74) is 0.400. The normalized spacial score (nSPS) is 34.5. The number of hydrogen-bond acceptors (Lipinski definition) is 4. The zero-order valence-electron chi connectivity index (χ0n) is 11.7. The summed E-state index contributed by atoms with van der Waals surface area (Å²) in [5.74, 6) is 3.00. The maximum absolute atomic E-state index is 6.12. The second-order valence-electron chi connectivity index (χ2n) is 6.71. The number of hydrogen-bond donors (Lipinski definition) is 0. The lowest BCUT2D eigenvalue weighted by molar-refractivity contribution is -0.189. The summed E-state index contributed by atoms with van der Waals surface area (Å²) >= 11 is 4.19. The molecular weight excluding hydrogens is 264 g/mol. The molecule has 0 aromatic heterocycles. The van der Waals surface area contributed by atoms with Gasteiger partial charge in [-0.05, 0) is 24.2 Å². The van der Waals surface area contributed by atoms with Gasteiger partial charge in [-0.25, -0.2) is 0 Å². The first-order chi connectivity index (χ1) is 8.48. The Bertz CT molecular complexity index is 312. The lowest BCUT2D eigenvalue weighted by atomic mass is 9.70. The minimum absolute atomic E-state index is 0.166. The van der Waals surface area contributed by atoms with Crippen LogP contribution in [-0.4, -0.2) is 34.6 Å². The summed E-state index contributed by atoms with van der Waals surface area (Å²) in [6, 6.07) is 0. The third kappa shape index (κ3) is 2.04. The standard InChI is InChI=1S/C14H24O2S2/c1-12(2,3)11-4-5-13(15-6-7-16-13)14(10-11)17-8-9-18-14/h11H,4-10H2,1-3H3/t11-/m0/s1. The van der Waals surface area contributed by atoms with Gasteiger partial charge in [-0.2, -0.15) is 0 Å². The lowest BCUT2D eigenvalue weighted by Crippen LogP contribution is -2.55. The Morgan fingerprint density at radius 2 is 1.67 bits per heavy atom. The van der Waals surface area contributed by atoms with Crippen LogP contribution in [0.15, 0.2) is 0 Å². The Kier molecular flexibility index (Phi) is 3.45. The maximum atomic E-state index is 6.12. The van der Waals surface area contributed by atoms with Gasteiger partial charge in [-0.15, -0.1) is 23.5 Å². The molecule has 2 heterocycles. The van der Waals surface area contributed by atoms with Crippen LogP contribution in [0.5, 0.6) is 0 Å². The van der Waals surface area contributed by atoms with Crippen LogP contribution in [0.1, 0.15) is 40.0 Å². The molecule has 2 aliphatic heterocycles. The highest BCUT2D eigenvalue weighted by atomic mass is 32.2. The first-order valence-electron chi connectivity index (χ1n) is 7.03. The van der Waals surface area contributed by atoms with E-state index in [1.54, 1.807) is 0 Å². The van der Waals surface area contributed by atoms with Gasteiger partial charge in [0.2, 0.25) is 0 Å². The van der Waals surface area contributed by atoms with Crippen LogP contribution in [0, 0.1) is 11.3 Å². The Morgan fingerprint density at radius 3 is 2.22 bits per heavy atom. The van der Waals surface area contributed by atoms with Crippen molar-refractivity contribution in [2.45, 2.75) is 49.9 Å². The molecule has 4 heteroatoms. The highest BCUT2D eigenvalue weighted by molar-refractivity contribution is 8.21. The lowest BCUT2D eigenvalue weighted by Gasteiger charge is -2.51. The summed E-state index contributed by atoms with van der Waals surface area (Å²) in [7, 11) is 0. The molecule has 0 aromatic rings. The van der Waals surface area contributed by atoms with Crippen LogP contribution < -0.4 is 0 Å². The van der Waals surface area contributed by atoms with Crippen LogP contribution >= 0.6 is 23.5 Å². The fraction of sp³-hybridized carbons (Fsp3) is 1.00. The number of thioether (sulfide) groups is 2. The molecule has 0 aromatic carbocycles. The van der Waals surface area contributed by atoms with Crippen LogP contribution in [0.4, 0.5) is 0 Å². The molecule has 18 heavy (non-hydrogen) atoms. The van der Waals surface area contributed by atoms with Crippen molar-refractivity contribution in [1.29, 1.82) is 0 Å². The Balaban J connectivity index is 1.87. The predicted octanol–water partition coefficient (Wildman–Crippen LogP) is 3.75. The van der Waals surface area contributed by atoms with Gasteiger partial charge >= 0.3 is 0 Å². The zero-order chi connectivity index (χ0) is 12.9. The SMILES string of the molecule is CC(C)(C)[C@H]1CCC2(OCCO2)C2(C1)SCCS2. The van der Waals surface area contributed by atoms with Gasteiger partial charge in [-0.1, -0.05) is 20.8 Å². The molecular formula is C14H24O2S2. The van der Waals surface area contributed by atoms with E-state index >= 15 is 0 Å². The Morgan fingerprint density at radius 1 is 1.06 bits per heavy atom. The molecule has 0 unspecified atom stereocenters. The van der Waals surface area contributed by atoms with Gasteiger partial charge in [0.15, 0.2) is 5.79 Å². The smallest absolute Gasteiger partial charge is 0.192 e. The van der Waals surface area contributed by atoms with Crippen molar-refractivity contribution in [3.8, 4) is 0 Å². The average Bonchev–Trinajstić information content (AvgIpc) is 2.91. The molecule has 0 amide bonds. The van der Waals surface area contributed by atoms with E-state index in [9.17, 15) is 0 Å². The van der Waals surface area contributed by atoms with Crippen LogP contribution in [0.2, 0.25) is 0 Å². The second-order valence-corrected chi connectivity index (χ2v) is 9.75. The van der Waals surface area contributed by atoms with Crippen molar-refractivity contribution in [2.24, 2.45) is 11.3 Å². The number of fused-ring (bicyclic) bond motifs is 1. The van der Waals surface area contributed by atoms with Gasteiger partial charge in [0.05, 0.1) is 13.2 Å². The van der Waals surface area contributed by atoms with Crippen molar-refractivity contribution in [3.05, 3.63) is 0 Å². The van der Waals surface area contributed by atoms with Crippen molar-refractivity contribution >= 4 is 23.5 Å². The van der Waals surface area contributed by atoms with E-state index in [1.807, 2.05) is 0 Å². The molecule has 104 valence electrons. The van der Waals surface area contributed by atoms with Gasteiger partial charge < -0.3 is 9.47 Å². The fourth-order valence-corrected chi connectivity index (χ4v) is 7.16. The summed E-state index contributed by atoms with van der Waals surface area (Å²) < 4.78 is 12.4. The quantitative estimate of drug-likeness (QED) is 0.675. The second kappa shape index (κ2) is 4.57. The predicted molar refractivity (Wildman–Crippen MR) is 79.1 cm³/mol.